The van der Waals surface area contributed by atoms with E-state index < -0.39 is 0 Å². The fourth-order valence-electron chi connectivity index (χ4n) is 2.26. The molecule has 0 bridgehead atoms. The fourth-order valence-corrected chi connectivity index (χ4v) is 2.26. The zero-order valence-corrected chi connectivity index (χ0v) is 10.6. The van der Waals surface area contributed by atoms with Gasteiger partial charge in [-0.05, 0) is 36.8 Å². The predicted octanol–water partition coefficient (Wildman–Crippen LogP) is 2.53. The van der Waals surface area contributed by atoms with Crippen LogP contribution >= 0.6 is 0 Å². The summed E-state index contributed by atoms with van der Waals surface area (Å²) in [5.74, 6) is 0.842. The zero-order chi connectivity index (χ0) is 13.4. The van der Waals surface area contributed by atoms with E-state index in [4.69, 9.17) is 10.2 Å². The number of amides is 1. The molecule has 0 spiro atoms. The number of fused-ring (bicyclic) bond motifs is 1. The molecule has 1 aliphatic rings. The maximum absolute atomic E-state index is 11.3. The van der Waals surface area contributed by atoms with E-state index in [-0.39, 0.29) is 11.9 Å². The Morgan fingerprint density at radius 3 is 3.05 bits per heavy atom. The van der Waals surface area contributed by atoms with Crippen LogP contribution in [0.25, 0.3) is 0 Å². The Balaban J connectivity index is 1.86. The average Bonchev–Trinajstić information content (AvgIpc) is 2.97. The summed E-state index contributed by atoms with van der Waals surface area (Å²) in [4.78, 5) is 11.3. The lowest BCUT2D eigenvalue weighted by molar-refractivity contribution is -0.115. The highest BCUT2D eigenvalue weighted by molar-refractivity contribution is 6.00. The summed E-state index contributed by atoms with van der Waals surface area (Å²) >= 11 is 0. The maximum atomic E-state index is 11.3. The van der Waals surface area contributed by atoms with Gasteiger partial charge in [-0.3, -0.25) is 4.79 Å². The van der Waals surface area contributed by atoms with Crippen LogP contribution < -0.4 is 16.4 Å². The standard InChI is InChI=1S/C14H15N3O2/c1-8(13-3-2-4-19-13)16-12-7-11-9(5-10(12)15)6-14(18)17-11/h2-5,7-8,16H,6,15H2,1H3,(H,17,18). The Labute approximate surface area is 110 Å². The normalized spacial score (nSPS) is 14.9. The van der Waals surface area contributed by atoms with E-state index in [0.29, 0.717) is 12.1 Å². The van der Waals surface area contributed by atoms with E-state index in [9.17, 15) is 4.79 Å². The number of hydrogen-bond acceptors (Lipinski definition) is 4. The number of carbonyl (C=O) groups is 1. The highest BCUT2D eigenvalue weighted by Crippen LogP contribution is 2.33. The summed E-state index contributed by atoms with van der Waals surface area (Å²) in [5, 5.41) is 6.10. The molecule has 0 saturated heterocycles. The van der Waals surface area contributed by atoms with Crippen molar-refractivity contribution in [3.63, 3.8) is 0 Å². The van der Waals surface area contributed by atoms with Crippen molar-refractivity contribution in [2.75, 3.05) is 16.4 Å². The van der Waals surface area contributed by atoms with Gasteiger partial charge in [-0.2, -0.15) is 0 Å². The van der Waals surface area contributed by atoms with Gasteiger partial charge < -0.3 is 20.8 Å². The molecule has 1 atom stereocenters. The maximum Gasteiger partial charge on any atom is 0.228 e. The second-order valence-corrected chi connectivity index (χ2v) is 4.70. The summed E-state index contributed by atoms with van der Waals surface area (Å²) in [6.07, 6.45) is 2.04. The van der Waals surface area contributed by atoms with Gasteiger partial charge in [-0.15, -0.1) is 0 Å². The summed E-state index contributed by atoms with van der Waals surface area (Å²) in [6, 6.07) is 7.47. The van der Waals surface area contributed by atoms with Crippen molar-refractivity contribution in [1.82, 2.24) is 0 Å². The Morgan fingerprint density at radius 1 is 1.47 bits per heavy atom. The van der Waals surface area contributed by atoms with Crippen molar-refractivity contribution in [1.29, 1.82) is 0 Å². The van der Waals surface area contributed by atoms with Gasteiger partial charge >= 0.3 is 0 Å². The van der Waals surface area contributed by atoms with Crippen molar-refractivity contribution in [2.45, 2.75) is 19.4 Å². The van der Waals surface area contributed by atoms with Crippen LogP contribution in [-0.2, 0) is 11.2 Å². The van der Waals surface area contributed by atoms with E-state index in [1.165, 1.54) is 0 Å². The third kappa shape index (κ3) is 2.14. The minimum absolute atomic E-state index is 0.00522. The SMILES string of the molecule is CC(Nc1cc2c(cc1N)CC(=O)N2)c1ccco1. The summed E-state index contributed by atoms with van der Waals surface area (Å²) in [6.45, 7) is 1.99. The van der Waals surface area contributed by atoms with Crippen LogP contribution in [0.5, 0.6) is 0 Å². The second kappa shape index (κ2) is 4.35. The first kappa shape index (κ1) is 11.6. The monoisotopic (exact) mass is 257 g/mol. The average molecular weight is 257 g/mol. The minimum Gasteiger partial charge on any atom is -0.467 e. The molecule has 4 N–H and O–H groups in total. The number of rotatable bonds is 3. The Kier molecular flexibility index (Phi) is 2.67. The number of nitrogen functional groups attached to an aromatic ring is 1. The molecule has 98 valence electrons. The van der Waals surface area contributed by atoms with Crippen molar-refractivity contribution in [3.8, 4) is 0 Å². The van der Waals surface area contributed by atoms with E-state index in [2.05, 4.69) is 10.6 Å². The number of carbonyl (C=O) groups excluding carboxylic acids is 1. The molecule has 3 rings (SSSR count). The lowest BCUT2D eigenvalue weighted by Crippen LogP contribution is -2.08. The van der Waals surface area contributed by atoms with Crippen LogP contribution in [0.2, 0.25) is 0 Å². The quantitative estimate of drug-likeness (QED) is 0.738. The summed E-state index contributed by atoms with van der Waals surface area (Å²) in [7, 11) is 0. The van der Waals surface area contributed by atoms with Crippen LogP contribution in [0.1, 0.15) is 24.3 Å². The molecule has 0 saturated carbocycles. The zero-order valence-electron chi connectivity index (χ0n) is 10.6. The van der Waals surface area contributed by atoms with Crippen LogP contribution in [0.4, 0.5) is 17.1 Å². The lowest BCUT2D eigenvalue weighted by Gasteiger charge is -2.16. The van der Waals surface area contributed by atoms with Gasteiger partial charge in [-0.25, -0.2) is 0 Å². The Hall–Kier alpha value is -2.43. The van der Waals surface area contributed by atoms with Crippen molar-refractivity contribution >= 4 is 23.0 Å². The predicted molar refractivity (Wildman–Crippen MR) is 73.9 cm³/mol. The van der Waals surface area contributed by atoms with Gasteiger partial charge in [0.25, 0.3) is 0 Å². The van der Waals surface area contributed by atoms with Gasteiger partial charge in [0.2, 0.25) is 5.91 Å². The number of anilines is 3. The van der Waals surface area contributed by atoms with Crippen molar-refractivity contribution in [2.24, 2.45) is 0 Å². The smallest absolute Gasteiger partial charge is 0.228 e. The van der Waals surface area contributed by atoms with Crippen molar-refractivity contribution < 1.29 is 9.21 Å². The first-order valence-electron chi connectivity index (χ1n) is 6.15. The van der Waals surface area contributed by atoms with Gasteiger partial charge in [0.1, 0.15) is 5.76 Å². The molecule has 1 aliphatic heterocycles. The number of furan rings is 1. The molecule has 0 fully saturated rings. The Morgan fingerprint density at radius 2 is 2.32 bits per heavy atom. The van der Waals surface area contributed by atoms with Gasteiger partial charge in [0.05, 0.1) is 30.1 Å². The summed E-state index contributed by atoms with van der Waals surface area (Å²) < 4.78 is 5.34. The highest BCUT2D eigenvalue weighted by Gasteiger charge is 2.20. The molecule has 1 aromatic carbocycles. The minimum atomic E-state index is 0.00522. The number of benzene rings is 1. The molecule has 19 heavy (non-hydrogen) atoms. The van der Waals surface area contributed by atoms with Crippen LogP contribution in [0.3, 0.4) is 0 Å². The van der Waals surface area contributed by atoms with E-state index >= 15 is 0 Å². The van der Waals surface area contributed by atoms with Crippen LogP contribution in [-0.4, -0.2) is 5.91 Å². The van der Waals surface area contributed by atoms with Gasteiger partial charge in [0.15, 0.2) is 0 Å². The molecule has 5 nitrogen and oxygen atoms in total. The van der Waals surface area contributed by atoms with E-state index in [1.807, 2.05) is 31.2 Å². The van der Waals surface area contributed by atoms with Crippen LogP contribution in [0.15, 0.2) is 34.9 Å². The first-order valence-corrected chi connectivity index (χ1v) is 6.15. The molecule has 2 heterocycles. The molecular formula is C14H15N3O2. The second-order valence-electron chi connectivity index (χ2n) is 4.70. The van der Waals surface area contributed by atoms with E-state index in [1.54, 1.807) is 6.26 Å². The highest BCUT2D eigenvalue weighted by atomic mass is 16.3. The molecule has 5 heteroatoms. The number of nitrogens with two attached hydrogens (primary N) is 1. The molecule has 1 aromatic heterocycles. The summed E-state index contributed by atoms with van der Waals surface area (Å²) in [5.41, 5.74) is 9.21. The third-order valence-corrected chi connectivity index (χ3v) is 3.24. The topological polar surface area (TPSA) is 80.3 Å². The first-order chi connectivity index (χ1) is 9.13. The number of hydrogen-bond donors (Lipinski definition) is 3. The Bertz CT molecular complexity index is 620. The molecular weight excluding hydrogens is 242 g/mol. The molecule has 1 unspecified atom stereocenters. The number of nitrogens with one attached hydrogen (secondary N) is 2. The van der Waals surface area contributed by atoms with Crippen LogP contribution in [0, 0.1) is 0 Å². The molecule has 0 aliphatic carbocycles. The fraction of sp³-hybridized carbons (Fsp3) is 0.214. The third-order valence-electron chi connectivity index (χ3n) is 3.24. The lowest BCUT2D eigenvalue weighted by atomic mass is 10.1. The molecule has 1 amide bonds. The largest absolute Gasteiger partial charge is 0.467 e. The molecule has 0 radical (unpaired) electrons. The van der Waals surface area contributed by atoms with Gasteiger partial charge in [0, 0.05) is 5.69 Å². The van der Waals surface area contributed by atoms with Crippen molar-refractivity contribution in [3.05, 3.63) is 41.9 Å². The van der Waals surface area contributed by atoms with Gasteiger partial charge in [-0.1, -0.05) is 0 Å². The molecule has 2 aromatic rings. The van der Waals surface area contributed by atoms with E-state index in [0.717, 1.165) is 22.7 Å².